The van der Waals surface area contributed by atoms with E-state index < -0.39 is 0 Å². The van der Waals surface area contributed by atoms with E-state index in [1.165, 1.54) is 11.3 Å². The molecule has 0 amide bonds. The van der Waals surface area contributed by atoms with Crippen LogP contribution >= 0.6 is 22.9 Å². The molecule has 2 aromatic rings. The molecule has 1 aromatic heterocycles. The number of carbonyl (C=O) groups is 1. The van der Waals surface area contributed by atoms with Gasteiger partial charge in [0, 0.05) is 0 Å². The molecule has 2 rings (SSSR count). The summed E-state index contributed by atoms with van der Waals surface area (Å²) in [7, 11) is 0. The number of halogens is 1. The average molecular weight is 293 g/mol. The van der Waals surface area contributed by atoms with Crippen molar-refractivity contribution in [2.75, 3.05) is 0 Å². The van der Waals surface area contributed by atoms with Crippen LogP contribution in [0, 0.1) is 0 Å². The van der Waals surface area contributed by atoms with Crippen molar-refractivity contribution >= 4 is 45.5 Å². The zero-order valence-corrected chi connectivity index (χ0v) is 12.4. The summed E-state index contributed by atoms with van der Waals surface area (Å²) in [5.41, 5.74) is 1.94. The molecule has 88 valence electrons. The van der Waals surface area contributed by atoms with E-state index in [4.69, 9.17) is 15.4 Å². The summed E-state index contributed by atoms with van der Waals surface area (Å²) in [4.78, 5) is 12.6. The summed E-state index contributed by atoms with van der Waals surface area (Å²) in [5, 5.41) is 2.52. The van der Waals surface area contributed by atoms with Crippen LogP contribution in [0.3, 0.4) is 0 Å². The van der Waals surface area contributed by atoms with Gasteiger partial charge in [0.15, 0.2) is 0 Å². The zero-order chi connectivity index (χ0) is 13.1. The van der Waals surface area contributed by atoms with E-state index in [-0.39, 0.29) is 11.9 Å². The Kier molecular flexibility index (Phi) is 4.47. The van der Waals surface area contributed by atoms with Crippen molar-refractivity contribution < 1.29 is 8.58 Å². The molecule has 5 heteroatoms. The molecule has 0 radical (unpaired) electrons. The molecule has 1 unspecified atom stereocenters. The van der Waals surface area contributed by atoms with E-state index >= 15 is 0 Å². The van der Waals surface area contributed by atoms with Crippen LogP contribution in [-0.2, 0) is 8.58 Å². The van der Waals surface area contributed by atoms with Gasteiger partial charge in [-0.05, 0) is 0 Å². The number of hydrogen-bond donors (Lipinski definition) is 0. The standard InChI is InChI=1S/C13H11ClO2S.Al/c1-8(13(15)16)12-11(10(14)7-17-12)9-5-3-2-4-6-9;/h2-8H,1H3,(H,15,16);/q;+3/p-1. The van der Waals surface area contributed by atoms with Gasteiger partial charge in [0.25, 0.3) is 0 Å². The number of benzene rings is 1. The van der Waals surface area contributed by atoms with Crippen LogP contribution in [-0.4, -0.2) is 22.6 Å². The minimum atomic E-state index is -0.324. The molecule has 0 aliphatic rings. The van der Waals surface area contributed by atoms with Crippen molar-refractivity contribution in [3.05, 3.63) is 45.6 Å². The fourth-order valence-corrected chi connectivity index (χ4v) is 3.36. The van der Waals surface area contributed by atoms with Crippen molar-refractivity contribution in [3.63, 3.8) is 0 Å². The minimum absolute atomic E-state index is 0.282. The predicted molar refractivity (Wildman–Crippen MR) is 75.0 cm³/mol. The third kappa shape index (κ3) is 2.63. The summed E-state index contributed by atoms with van der Waals surface area (Å²) in [6, 6.07) is 9.81. The van der Waals surface area contributed by atoms with Crippen LogP contribution in [0.2, 0.25) is 5.02 Å². The topological polar surface area (TPSA) is 26.3 Å². The zero-order valence-electron chi connectivity index (χ0n) is 9.72. The molecule has 1 aromatic carbocycles. The van der Waals surface area contributed by atoms with Crippen LogP contribution in [0.15, 0.2) is 35.7 Å². The quantitative estimate of drug-likeness (QED) is 0.804. The number of carbonyl (C=O) groups excluding carboxylic acids is 1. The molecule has 0 spiro atoms. The summed E-state index contributed by atoms with van der Waals surface area (Å²) >= 11 is 9.69. The van der Waals surface area contributed by atoms with Crippen LogP contribution < -0.4 is 0 Å². The Labute approximate surface area is 123 Å². The monoisotopic (exact) mass is 292 g/mol. The average Bonchev–Trinajstić information content (AvgIpc) is 2.79. The first-order valence-corrected chi connectivity index (χ1v) is 7.11. The van der Waals surface area contributed by atoms with Crippen molar-refractivity contribution in [3.8, 4) is 11.1 Å². The Hall–Kier alpha value is -0.788. The predicted octanol–water partition coefficient (Wildman–Crippen LogP) is 3.80. The molecule has 1 heterocycles. The number of rotatable bonds is 3. The van der Waals surface area contributed by atoms with Gasteiger partial charge in [-0.25, -0.2) is 0 Å². The molecule has 1 atom stereocenters. The van der Waals surface area contributed by atoms with Crippen LogP contribution in [0.25, 0.3) is 11.1 Å². The molecular formula is C13H10AlClO2S+2. The summed E-state index contributed by atoms with van der Waals surface area (Å²) in [6.45, 7) is 1.82. The second-order valence-electron chi connectivity index (χ2n) is 3.85. The van der Waals surface area contributed by atoms with Crippen LogP contribution in [0.4, 0.5) is 0 Å². The van der Waals surface area contributed by atoms with Crippen LogP contribution in [0.1, 0.15) is 17.7 Å². The van der Waals surface area contributed by atoms with E-state index in [0.717, 1.165) is 16.0 Å². The first-order chi connectivity index (χ1) is 8.65. The molecule has 0 saturated heterocycles. The maximum absolute atomic E-state index is 11.6. The third-order valence-electron chi connectivity index (χ3n) is 2.70. The van der Waals surface area contributed by atoms with Crippen molar-refractivity contribution in [1.82, 2.24) is 0 Å². The first kappa shape index (κ1) is 13.6. The van der Waals surface area contributed by atoms with Crippen LogP contribution in [0.5, 0.6) is 0 Å². The van der Waals surface area contributed by atoms with E-state index in [0.29, 0.717) is 5.02 Å². The SMILES string of the molecule is CC(C(=O)[O][Al+2])c1scc(Cl)c1-c1ccccc1. The van der Waals surface area contributed by atoms with E-state index in [2.05, 4.69) is 0 Å². The van der Waals surface area contributed by atoms with Crippen molar-refractivity contribution in [2.24, 2.45) is 0 Å². The Morgan fingerprint density at radius 2 is 2.06 bits per heavy atom. The molecule has 18 heavy (non-hydrogen) atoms. The molecule has 2 nitrogen and oxygen atoms in total. The molecule has 0 aliphatic heterocycles. The molecule has 0 fully saturated rings. The summed E-state index contributed by atoms with van der Waals surface area (Å²) in [5.74, 6) is -0.606. The number of hydrogen-bond acceptors (Lipinski definition) is 3. The fourth-order valence-electron chi connectivity index (χ4n) is 1.76. The molecular weight excluding hydrogens is 283 g/mol. The van der Waals surface area contributed by atoms with Crippen molar-refractivity contribution in [1.29, 1.82) is 0 Å². The normalized spacial score (nSPS) is 12.2. The molecule has 0 bridgehead atoms. The molecule has 0 N–H and O–H groups in total. The van der Waals surface area contributed by atoms with Gasteiger partial charge in [0.05, 0.1) is 0 Å². The Morgan fingerprint density at radius 1 is 1.39 bits per heavy atom. The van der Waals surface area contributed by atoms with Gasteiger partial charge < -0.3 is 0 Å². The van der Waals surface area contributed by atoms with E-state index in [9.17, 15) is 4.79 Å². The Morgan fingerprint density at radius 3 is 2.67 bits per heavy atom. The van der Waals surface area contributed by atoms with Gasteiger partial charge in [0.2, 0.25) is 0 Å². The Balaban J connectivity index is 2.49. The van der Waals surface area contributed by atoms with Gasteiger partial charge in [-0.15, -0.1) is 0 Å². The van der Waals surface area contributed by atoms with Gasteiger partial charge >= 0.3 is 124 Å². The summed E-state index contributed by atoms with van der Waals surface area (Å²) < 4.78 is 4.71. The summed E-state index contributed by atoms with van der Waals surface area (Å²) in [6.07, 6.45) is 0. The third-order valence-corrected chi connectivity index (χ3v) is 4.52. The second kappa shape index (κ2) is 5.90. The second-order valence-corrected chi connectivity index (χ2v) is 5.40. The van der Waals surface area contributed by atoms with Gasteiger partial charge in [-0.3, -0.25) is 0 Å². The van der Waals surface area contributed by atoms with Gasteiger partial charge in [0.1, 0.15) is 0 Å². The van der Waals surface area contributed by atoms with Gasteiger partial charge in [-0.2, -0.15) is 0 Å². The van der Waals surface area contributed by atoms with E-state index in [1.54, 1.807) is 0 Å². The maximum atomic E-state index is 11.6. The Bertz CT molecular complexity index is 553. The first-order valence-electron chi connectivity index (χ1n) is 5.38. The van der Waals surface area contributed by atoms with E-state index in [1.807, 2.05) is 59.3 Å². The molecule has 0 aliphatic carbocycles. The molecule has 0 saturated carbocycles. The van der Waals surface area contributed by atoms with Gasteiger partial charge in [-0.1, -0.05) is 0 Å². The number of thiophene rings is 1. The fraction of sp³-hybridized carbons (Fsp3) is 0.154. The van der Waals surface area contributed by atoms with Crippen molar-refractivity contribution in [2.45, 2.75) is 12.8 Å².